The molecule has 2 unspecified atom stereocenters. The Hall–Kier alpha value is -2.63. The quantitative estimate of drug-likeness (QED) is 0.495. The summed E-state index contributed by atoms with van der Waals surface area (Å²) in [5.74, 6) is 0.0634. The van der Waals surface area contributed by atoms with E-state index in [1.54, 1.807) is 11.3 Å². The van der Waals surface area contributed by atoms with Crippen LogP contribution in [0, 0.1) is 0 Å². The third-order valence-corrected chi connectivity index (χ3v) is 7.79. The minimum Gasteiger partial charge on any atom is -0.448 e. The molecule has 1 aliphatic heterocycles. The first-order valence-corrected chi connectivity index (χ1v) is 12.4. The Kier molecular flexibility index (Phi) is 6.28. The average molecular weight is 448 g/mol. The van der Waals surface area contributed by atoms with Gasteiger partial charge in [0.1, 0.15) is 6.61 Å². The van der Waals surface area contributed by atoms with Crippen LogP contribution in [0.2, 0.25) is 0 Å². The second kappa shape index (κ2) is 9.47. The molecule has 1 aliphatic carbocycles. The molecule has 5 heteroatoms. The van der Waals surface area contributed by atoms with Crippen LogP contribution >= 0.6 is 11.3 Å². The third-order valence-electron chi connectivity index (χ3n) is 6.81. The molecular formula is C27H29NO3S. The molecule has 1 amide bonds. The van der Waals surface area contributed by atoms with E-state index >= 15 is 0 Å². The van der Waals surface area contributed by atoms with Gasteiger partial charge in [-0.1, -0.05) is 67.4 Å². The summed E-state index contributed by atoms with van der Waals surface area (Å²) in [7, 11) is 0. The molecular weight excluding hydrogens is 418 g/mol. The molecule has 4 nitrogen and oxygen atoms in total. The first kappa shape index (κ1) is 21.2. The SMILES string of the molecule is O=C(OCC1c2ccccc2-c2ccccc21)N1CCCCCC1CC(O)c1cccs1. The zero-order valence-electron chi connectivity index (χ0n) is 18.2. The number of carbonyl (C=O) groups excluding carboxylic acids is 1. The normalized spacial score (nSPS) is 19.2. The molecule has 2 aliphatic rings. The number of hydrogen-bond donors (Lipinski definition) is 1. The average Bonchev–Trinajstić information content (AvgIpc) is 3.40. The van der Waals surface area contributed by atoms with E-state index in [-0.39, 0.29) is 18.1 Å². The highest BCUT2D eigenvalue weighted by Gasteiger charge is 2.32. The molecule has 1 fully saturated rings. The number of thiophene rings is 1. The summed E-state index contributed by atoms with van der Waals surface area (Å²) in [6.45, 7) is 1.03. The van der Waals surface area contributed by atoms with E-state index in [2.05, 4.69) is 48.5 Å². The summed E-state index contributed by atoms with van der Waals surface area (Å²) < 4.78 is 5.95. The molecule has 3 aromatic rings. The van der Waals surface area contributed by atoms with E-state index in [1.165, 1.54) is 22.3 Å². The van der Waals surface area contributed by atoms with Gasteiger partial charge in [-0.3, -0.25) is 0 Å². The Bertz CT molecular complexity index is 1020. The largest absolute Gasteiger partial charge is 0.448 e. The van der Waals surface area contributed by atoms with Gasteiger partial charge in [-0.05, 0) is 53.0 Å². The number of carbonyl (C=O) groups is 1. The number of aliphatic hydroxyl groups excluding tert-OH is 1. The van der Waals surface area contributed by atoms with Crippen LogP contribution in [0.3, 0.4) is 0 Å². The zero-order chi connectivity index (χ0) is 21.9. The van der Waals surface area contributed by atoms with E-state index < -0.39 is 6.10 Å². The lowest BCUT2D eigenvalue weighted by Gasteiger charge is -2.31. The molecule has 5 rings (SSSR count). The van der Waals surface area contributed by atoms with Crippen molar-refractivity contribution in [3.05, 3.63) is 82.0 Å². The van der Waals surface area contributed by atoms with Crippen molar-refractivity contribution in [1.29, 1.82) is 0 Å². The van der Waals surface area contributed by atoms with Crippen LogP contribution in [-0.2, 0) is 4.74 Å². The number of likely N-dealkylation sites (tertiary alicyclic amines) is 1. The van der Waals surface area contributed by atoms with Crippen LogP contribution in [0.4, 0.5) is 4.79 Å². The second-order valence-corrected chi connectivity index (χ2v) is 9.75. The van der Waals surface area contributed by atoms with E-state index in [4.69, 9.17) is 4.74 Å². The second-order valence-electron chi connectivity index (χ2n) is 8.77. The summed E-state index contributed by atoms with van der Waals surface area (Å²) in [6.07, 6.45) is 3.85. The fraction of sp³-hybridized carbons (Fsp3) is 0.370. The van der Waals surface area contributed by atoms with Gasteiger partial charge in [-0.2, -0.15) is 0 Å². The van der Waals surface area contributed by atoms with Gasteiger partial charge in [-0.25, -0.2) is 4.79 Å². The number of hydrogen-bond acceptors (Lipinski definition) is 4. The molecule has 1 N–H and O–H groups in total. The van der Waals surface area contributed by atoms with Crippen molar-refractivity contribution in [2.45, 2.75) is 50.2 Å². The van der Waals surface area contributed by atoms with E-state index in [0.29, 0.717) is 19.6 Å². The van der Waals surface area contributed by atoms with Crippen molar-refractivity contribution in [2.75, 3.05) is 13.2 Å². The lowest BCUT2D eigenvalue weighted by Crippen LogP contribution is -2.41. The first-order chi connectivity index (χ1) is 15.7. The molecule has 0 spiro atoms. The fourth-order valence-electron chi connectivity index (χ4n) is 5.19. The molecule has 1 saturated heterocycles. The van der Waals surface area contributed by atoms with Gasteiger partial charge in [0.05, 0.1) is 6.10 Å². The standard InChI is InChI=1S/C27H29NO3S/c29-25(26-14-8-16-32-26)17-19-9-2-1-7-15-28(19)27(30)31-18-24-22-12-5-3-10-20(22)21-11-4-6-13-23(21)24/h3-6,8,10-14,16,19,24-25,29H,1-2,7,9,15,17-18H2. The Balaban J connectivity index is 1.30. The van der Waals surface area contributed by atoms with Gasteiger partial charge < -0.3 is 14.7 Å². The maximum atomic E-state index is 13.2. The number of aliphatic hydroxyl groups is 1. The van der Waals surface area contributed by atoms with Gasteiger partial charge in [0, 0.05) is 23.4 Å². The highest BCUT2D eigenvalue weighted by molar-refractivity contribution is 7.10. The summed E-state index contributed by atoms with van der Waals surface area (Å²) in [4.78, 5) is 16.1. The molecule has 0 bridgehead atoms. The van der Waals surface area contributed by atoms with Gasteiger partial charge in [0.15, 0.2) is 0 Å². The van der Waals surface area contributed by atoms with Crippen molar-refractivity contribution in [3.63, 3.8) is 0 Å². The Morgan fingerprint density at radius 2 is 1.72 bits per heavy atom. The van der Waals surface area contributed by atoms with Gasteiger partial charge in [0.25, 0.3) is 0 Å². The van der Waals surface area contributed by atoms with Crippen molar-refractivity contribution >= 4 is 17.4 Å². The van der Waals surface area contributed by atoms with E-state index in [9.17, 15) is 9.90 Å². The maximum absolute atomic E-state index is 13.2. The lowest BCUT2D eigenvalue weighted by molar-refractivity contribution is 0.0661. The minimum absolute atomic E-state index is 0.00486. The molecule has 0 saturated carbocycles. The topological polar surface area (TPSA) is 49.8 Å². The van der Waals surface area contributed by atoms with Crippen LogP contribution in [0.15, 0.2) is 66.0 Å². The lowest BCUT2D eigenvalue weighted by atomic mass is 9.98. The summed E-state index contributed by atoms with van der Waals surface area (Å²) in [5.41, 5.74) is 4.91. The van der Waals surface area contributed by atoms with E-state index in [0.717, 1.165) is 30.6 Å². The van der Waals surface area contributed by atoms with Crippen LogP contribution < -0.4 is 0 Å². The van der Waals surface area contributed by atoms with Crippen molar-refractivity contribution in [3.8, 4) is 11.1 Å². The smallest absolute Gasteiger partial charge is 0.410 e. The number of ether oxygens (including phenoxy) is 1. The Morgan fingerprint density at radius 3 is 2.41 bits per heavy atom. The van der Waals surface area contributed by atoms with Crippen LogP contribution in [0.25, 0.3) is 11.1 Å². The molecule has 166 valence electrons. The Labute approximate surface area is 193 Å². The monoisotopic (exact) mass is 447 g/mol. The number of amides is 1. The first-order valence-electron chi connectivity index (χ1n) is 11.6. The predicted molar refractivity (Wildman–Crippen MR) is 128 cm³/mol. The van der Waals surface area contributed by atoms with Crippen LogP contribution in [0.5, 0.6) is 0 Å². The van der Waals surface area contributed by atoms with Gasteiger partial charge >= 0.3 is 6.09 Å². The summed E-state index contributed by atoms with van der Waals surface area (Å²) in [6, 6.07) is 20.7. The number of benzene rings is 2. The van der Waals surface area contributed by atoms with Crippen molar-refractivity contribution < 1.29 is 14.6 Å². The number of nitrogens with zero attached hydrogens (tertiary/aromatic N) is 1. The molecule has 0 radical (unpaired) electrons. The zero-order valence-corrected chi connectivity index (χ0v) is 19.0. The molecule has 2 aromatic carbocycles. The molecule has 1 aromatic heterocycles. The summed E-state index contributed by atoms with van der Waals surface area (Å²) >= 11 is 1.56. The fourth-order valence-corrected chi connectivity index (χ4v) is 5.92. The predicted octanol–water partition coefficient (Wildman–Crippen LogP) is 6.37. The Morgan fingerprint density at radius 1 is 1.00 bits per heavy atom. The minimum atomic E-state index is -0.540. The maximum Gasteiger partial charge on any atom is 0.410 e. The highest BCUT2D eigenvalue weighted by Crippen LogP contribution is 2.44. The highest BCUT2D eigenvalue weighted by atomic mass is 32.1. The summed E-state index contributed by atoms with van der Waals surface area (Å²) in [5, 5.41) is 12.7. The van der Waals surface area contributed by atoms with Crippen LogP contribution in [-0.4, -0.2) is 35.3 Å². The number of rotatable bonds is 5. The molecule has 32 heavy (non-hydrogen) atoms. The third kappa shape index (κ3) is 4.19. The van der Waals surface area contributed by atoms with Gasteiger partial charge in [-0.15, -0.1) is 11.3 Å². The van der Waals surface area contributed by atoms with Crippen molar-refractivity contribution in [1.82, 2.24) is 4.90 Å². The van der Waals surface area contributed by atoms with Gasteiger partial charge in [0.2, 0.25) is 0 Å². The van der Waals surface area contributed by atoms with Crippen LogP contribution in [0.1, 0.15) is 60.1 Å². The molecule has 2 heterocycles. The van der Waals surface area contributed by atoms with Crippen molar-refractivity contribution in [2.24, 2.45) is 0 Å². The molecule has 2 atom stereocenters. The van der Waals surface area contributed by atoms with E-state index in [1.807, 2.05) is 22.4 Å². The number of fused-ring (bicyclic) bond motifs is 3.